The largest absolute Gasteiger partial charge is 0.456 e. The Morgan fingerprint density at radius 3 is 1.94 bits per heavy atom. The Morgan fingerprint density at radius 1 is 0.453 bits per heavy atom. The molecule has 1 heterocycles. The highest BCUT2D eigenvalue weighted by atomic mass is 16.3. The quantitative estimate of drug-likeness (QED) is 0.169. The first-order valence-corrected chi connectivity index (χ1v) is 18.5. The van der Waals surface area contributed by atoms with Crippen LogP contribution in [0.2, 0.25) is 0 Å². The second-order valence-corrected chi connectivity index (χ2v) is 14.4. The summed E-state index contributed by atoms with van der Waals surface area (Å²) < 4.78 is 6.37. The molecule has 2 aliphatic rings. The predicted molar refractivity (Wildman–Crippen MR) is 221 cm³/mol. The number of para-hydroxylation sites is 2. The molecule has 0 radical (unpaired) electrons. The molecule has 53 heavy (non-hydrogen) atoms. The second kappa shape index (κ2) is 11.7. The van der Waals surface area contributed by atoms with E-state index in [1.165, 1.54) is 43.8 Å². The summed E-state index contributed by atoms with van der Waals surface area (Å²) in [6, 6.07) is 64.4. The molecule has 0 saturated carbocycles. The summed E-state index contributed by atoms with van der Waals surface area (Å²) in [6.07, 6.45) is 9.32. The Bertz CT molecular complexity index is 2860. The Balaban J connectivity index is 1.14. The van der Waals surface area contributed by atoms with Gasteiger partial charge < -0.3 is 9.32 Å². The first kappa shape index (κ1) is 30.0. The molecule has 2 unspecified atom stereocenters. The number of furan rings is 1. The first-order chi connectivity index (χ1) is 26.3. The minimum atomic E-state index is -0.319. The van der Waals surface area contributed by atoms with Crippen LogP contribution in [0.3, 0.4) is 0 Å². The second-order valence-electron chi connectivity index (χ2n) is 14.4. The van der Waals surface area contributed by atoms with Gasteiger partial charge in [0.15, 0.2) is 0 Å². The van der Waals surface area contributed by atoms with Gasteiger partial charge in [-0.05, 0) is 86.9 Å². The van der Waals surface area contributed by atoms with Crippen LogP contribution >= 0.6 is 0 Å². The summed E-state index contributed by atoms with van der Waals surface area (Å²) in [5.41, 5.74) is 10.3. The average Bonchev–Trinajstić information content (AvgIpc) is 3.74. The van der Waals surface area contributed by atoms with Crippen LogP contribution in [-0.4, -0.2) is 0 Å². The van der Waals surface area contributed by atoms with Gasteiger partial charge in [0.2, 0.25) is 0 Å². The number of allylic oxidation sites excluding steroid dienone is 4. The van der Waals surface area contributed by atoms with Crippen LogP contribution in [-0.2, 0) is 5.41 Å². The lowest BCUT2D eigenvalue weighted by Crippen LogP contribution is -2.35. The lowest BCUT2D eigenvalue weighted by atomic mass is 9.63. The number of fused-ring (bicyclic) bond motifs is 9. The molecule has 0 bridgehead atoms. The van der Waals surface area contributed by atoms with E-state index >= 15 is 0 Å². The van der Waals surface area contributed by atoms with Gasteiger partial charge in [-0.3, -0.25) is 0 Å². The van der Waals surface area contributed by atoms with Gasteiger partial charge in [0, 0.05) is 39.4 Å². The predicted octanol–water partition coefficient (Wildman–Crippen LogP) is 13.5. The topological polar surface area (TPSA) is 16.4 Å². The Morgan fingerprint density at radius 2 is 1.15 bits per heavy atom. The first-order valence-electron chi connectivity index (χ1n) is 18.5. The van der Waals surface area contributed by atoms with Crippen LogP contribution < -0.4 is 4.90 Å². The van der Waals surface area contributed by atoms with Gasteiger partial charge in [-0.15, -0.1) is 0 Å². The van der Waals surface area contributed by atoms with Crippen molar-refractivity contribution in [3.8, 4) is 0 Å². The average molecular weight is 678 g/mol. The van der Waals surface area contributed by atoms with Crippen molar-refractivity contribution >= 4 is 60.5 Å². The summed E-state index contributed by atoms with van der Waals surface area (Å²) in [4.78, 5) is 2.44. The summed E-state index contributed by atoms with van der Waals surface area (Å²) >= 11 is 0. The summed E-state index contributed by atoms with van der Waals surface area (Å²) in [7, 11) is 0. The van der Waals surface area contributed by atoms with Gasteiger partial charge in [-0.25, -0.2) is 0 Å². The summed E-state index contributed by atoms with van der Waals surface area (Å²) in [6.45, 7) is 0. The van der Waals surface area contributed by atoms with Crippen LogP contribution in [0.1, 0.15) is 28.2 Å². The molecule has 2 nitrogen and oxygen atoms in total. The fourth-order valence-electron chi connectivity index (χ4n) is 9.58. The molecule has 0 saturated heterocycles. The van der Waals surface area contributed by atoms with Crippen molar-refractivity contribution in [2.24, 2.45) is 5.92 Å². The normalized spacial score (nSPS) is 17.1. The van der Waals surface area contributed by atoms with Gasteiger partial charge >= 0.3 is 0 Å². The molecule has 0 aliphatic heterocycles. The third kappa shape index (κ3) is 4.39. The SMILES string of the molecule is C1=CC2c3cc(N(c4ccccc4)c4cccc5c4ccc4cc6c(cc45)oc4ccccc46)ccc3C(c3ccccc3)(c3ccccc3)C2C=C1. The third-order valence-corrected chi connectivity index (χ3v) is 11.8. The fourth-order valence-corrected chi connectivity index (χ4v) is 9.58. The van der Waals surface area contributed by atoms with E-state index in [-0.39, 0.29) is 17.3 Å². The van der Waals surface area contributed by atoms with Crippen molar-refractivity contribution < 1.29 is 4.42 Å². The number of hydrogen-bond donors (Lipinski definition) is 0. The van der Waals surface area contributed by atoms with E-state index in [0.717, 1.165) is 39.0 Å². The molecule has 250 valence electrons. The van der Waals surface area contributed by atoms with Crippen molar-refractivity contribution in [1.82, 2.24) is 0 Å². The maximum Gasteiger partial charge on any atom is 0.136 e. The van der Waals surface area contributed by atoms with E-state index in [2.05, 4.69) is 199 Å². The molecular formula is C51H35NO. The Labute approximate surface area is 308 Å². The molecule has 11 rings (SSSR count). The van der Waals surface area contributed by atoms with E-state index in [9.17, 15) is 0 Å². The highest BCUT2D eigenvalue weighted by molar-refractivity contribution is 6.18. The number of rotatable bonds is 5. The lowest BCUT2D eigenvalue weighted by molar-refractivity contribution is 0.456. The van der Waals surface area contributed by atoms with E-state index < -0.39 is 0 Å². The standard InChI is InChI=1S/C51H35NO/c1-4-15-35(16-5-1)51(36-17-6-2-7-18-36)46-24-12-10-21-40(46)44-32-38(28-30-47(44)51)52(37-19-8-3-9-20-37)48-25-14-23-39-41(48)29-27-34-31-45-42-22-11-13-26-49(42)53-50(45)33-43(34)39/h1-33,40,46H. The van der Waals surface area contributed by atoms with Crippen molar-refractivity contribution in [3.05, 3.63) is 222 Å². The van der Waals surface area contributed by atoms with Crippen molar-refractivity contribution in [2.45, 2.75) is 11.3 Å². The molecule has 0 N–H and O–H groups in total. The van der Waals surface area contributed by atoms with Gasteiger partial charge in [0.1, 0.15) is 11.2 Å². The molecule has 0 spiro atoms. The zero-order valence-corrected chi connectivity index (χ0v) is 29.1. The smallest absolute Gasteiger partial charge is 0.136 e. The zero-order chi connectivity index (χ0) is 34.9. The van der Waals surface area contributed by atoms with Gasteiger partial charge in [-0.2, -0.15) is 0 Å². The Hall–Kier alpha value is -6.64. The van der Waals surface area contributed by atoms with Gasteiger partial charge in [0.05, 0.1) is 11.1 Å². The van der Waals surface area contributed by atoms with E-state index in [0.29, 0.717) is 0 Å². The zero-order valence-electron chi connectivity index (χ0n) is 29.1. The van der Waals surface area contributed by atoms with Crippen LogP contribution in [0, 0.1) is 5.92 Å². The maximum absolute atomic E-state index is 6.37. The van der Waals surface area contributed by atoms with Gasteiger partial charge in [0.25, 0.3) is 0 Å². The van der Waals surface area contributed by atoms with E-state index in [1.807, 2.05) is 6.07 Å². The van der Waals surface area contributed by atoms with Crippen LogP contribution in [0.25, 0.3) is 43.5 Å². The minimum Gasteiger partial charge on any atom is -0.456 e. The van der Waals surface area contributed by atoms with Crippen LogP contribution in [0.15, 0.2) is 205 Å². The highest BCUT2D eigenvalue weighted by Gasteiger charge is 2.53. The van der Waals surface area contributed by atoms with E-state index in [4.69, 9.17) is 4.42 Å². The minimum absolute atomic E-state index is 0.232. The third-order valence-electron chi connectivity index (χ3n) is 11.8. The van der Waals surface area contributed by atoms with Crippen molar-refractivity contribution in [2.75, 3.05) is 4.90 Å². The molecule has 2 heteroatoms. The Kier molecular flexibility index (Phi) is 6.63. The summed E-state index contributed by atoms with van der Waals surface area (Å²) in [5.74, 6) is 0.474. The molecule has 2 aliphatic carbocycles. The van der Waals surface area contributed by atoms with E-state index in [1.54, 1.807) is 0 Å². The number of nitrogens with zero attached hydrogens (tertiary/aromatic N) is 1. The molecule has 1 aromatic heterocycles. The maximum atomic E-state index is 6.37. The number of anilines is 3. The van der Waals surface area contributed by atoms with Gasteiger partial charge in [-0.1, -0.05) is 152 Å². The molecule has 8 aromatic carbocycles. The molecule has 9 aromatic rings. The highest BCUT2D eigenvalue weighted by Crippen LogP contribution is 2.60. The number of hydrogen-bond acceptors (Lipinski definition) is 2. The van der Waals surface area contributed by atoms with Crippen LogP contribution in [0.5, 0.6) is 0 Å². The molecule has 2 atom stereocenters. The summed E-state index contributed by atoms with van der Waals surface area (Å²) in [5, 5.41) is 7.10. The molecule has 0 fully saturated rings. The van der Waals surface area contributed by atoms with Crippen molar-refractivity contribution in [3.63, 3.8) is 0 Å². The monoisotopic (exact) mass is 677 g/mol. The molecular weight excluding hydrogens is 643 g/mol. The lowest BCUT2D eigenvalue weighted by Gasteiger charge is -2.38. The van der Waals surface area contributed by atoms with Crippen LogP contribution in [0.4, 0.5) is 17.1 Å². The number of benzene rings is 8. The molecule has 0 amide bonds. The van der Waals surface area contributed by atoms with Crippen molar-refractivity contribution in [1.29, 1.82) is 0 Å². The fraction of sp³-hybridized carbons (Fsp3) is 0.0588.